The normalized spacial score (nSPS) is 12.4. The summed E-state index contributed by atoms with van der Waals surface area (Å²) in [5, 5.41) is -0.558. The third-order valence-electron chi connectivity index (χ3n) is 6.28. The number of benzene rings is 4. The lowest BCUT2D eigenvalue weighted by molar-refractivity contribution is 0.369. The van der Waals surface area contributed by atoms with Gasteiger partial charge in [0.15, 0.2) is 0 Å². The van der Waals surface area contributed by atoms with Gasteiger partial charge < -0.3 is 0 Å². The van der Waals surface area contributed by atoms with E-state index >= 15 is 0 Å². The van der Waals surface area contributed by atoms with E-state index in [4.69, 9.17) is 11.6 Å². The highest BCUT2D eigenvalue weighted by Gasteiger charge is 2.17. The van der Waals surface area contributed by atoms with Gasteiger partial charge in [0, 0.05) is 11.3 Å². The zero-order chi connectivity index (χ0) is 26.6. The van der Waals surface area contributed by atoms with Gasteiger partial charge in [-0.3, -0.25) is 4.57 Å². The molecular formula is C33H31BClFN2. The maximum Gasteiger partial charge on any atom is 0.213 e. The van der Waals surface area contributed by atoms with E-state index < -0.39 is 11.5 Å². The van der Waals surface area contributed by atoms with Crippen molar-refractivity contribution in [2.24, 2.45) is 0 Å². The molecule has 190 valence electrons. The number of para-hydroxylation sites is 1. The van der Waals surface area contributed by atoms with Gasteiger partial charge in [-0.05, 0) is 25.4 Å². The summed E-state index contributed by atoms with van der Waals surface area (Å²) in [4.78, 5) is 4.24. The van der Waals surface area contributed by atoms with E-state index in [1.807, 2.05) is 91.4 Å². The molecule has 2 atom stereocenters. The van der Waals surface area contributed by atoms with Crippen LogP contribution in [0, 0.1) is 0 Å². The summed E-state index contributed by atoms with van der Waals surface area (Å²) in [7, 11) is 0. The SMILES string of the molecule is CC(F)C(Cl)C=CCB(c1ccccc1)c1ccccc1.c1ccc(-c2cncn2-c2ccccc2)cc1. The van der Waals surface area contributed by atoms with Crippen LogP contribution in [0.25, 0.3) is 16.9 Å². The van der Waals surface area contributed by atoms with Crippen molar-refractivity contribution in [1.29, 1.82) is 0 Å². The highest BCUT2D eigenvalue weighted by atomic mass is 35.5. The Hall–Kier alpha value is -3.89. The molecule has 0 bridgehead atoms. The molecule has 0 aliphatic rings. The number of halogens is 2. The second-order valence-corrected chi connectivity index (χ2v) is 9.51. The van der Waals surface area contributed by atoms with Crippen molar-refractivity contribution in [3.63, 3.8) is 0 Å². The molecule has 38 heavy (non-hydrogen) atoms. The molecule has 1 heterocycles. The molecule has 5 heteroatoms. The van der Waals surface area contributed by atoms with Crippen LogP contribution in [0.5, 0.6) is 0 Å². The number of imidazole rings is 1. The van der Waals surface area contributed by atoms with Crippen molar-refractivity contribution in [3.8, 4) is 16.9 Å². The second kappa shape index (κ2) is 14.2. The predicted octanol–water partition coefficient (Wildman–Crippen LogP) is 7.36. The van der Waals surface area contributed by atoms with Gasteiger partial charge in [0.2, 0.25) is 6.71 Å². The standard InChI is InChI=1S/C18H19BClF.C15H12N2/c1-15(21)18(20)13-8-14-19(16-9-4-2-5-10-16)17-11-6-3-7-12-17;1-3-7-13(8-4-1)15-11-16-12-17(15)14-9-5-2-6-10-14/h2-13,15,18H,14H2,1H3;1-12H. The molecule has 0 saturated carbocycles. The molecule has 0 aliphatic heterocycles. The number of hydrogen-bond donors (Lipinski definition) is 0. The van der Waals surface area contributed by atoms with E-state index in [1.54, 1.807) is 6.08 Å². The quantitative estimate of drug-likeness (QED) is 0.119. The van der Waals surface area contributed by atoms with Crippen LogP contribution in [-0.2, 0) is 0 Å². The number of allylic oxidation sites excluding steroid dienone is 2. The second-order valence-electron chi connectivity index (χ2n) is 9.01. The number of nitrogens with zero attached hydrogens (tertiary/aromatic N) is 2. The Morgan fingerprint density at radius 2 is 1.29 bits per heavy atom. The molecule has 0 amide bonds. The minimum atomic E-state index is -1.03. The third kappa shape index (κ3) is 7.56. The Morgan fingerprint density at radius 3 is 1.82 bits per heavy atom. The molecule has 2 unspecified atom stereocenters. The van der Waals surface area contributed by atoms with E-state index in [0.29, 0.717) is 0 Å². The average Bonchev–Trinajstić information content (AvgIpc) is 3.48. The van der Waals surface area contributed by atoms with Crippen molar-refractivity contribution < 1.29 is 4.39 Å². The smallest absolute Gasteiger partial charge is 0.213 e. The van der Waals surface area contributed by atoms with E-state index in [0.717, 1.165) is 17.7 Å². The summed E-state index contributed by atoms with van der Waals surface area (Å²) in [5.41, 5.74) is 5.93. The summed E-state index contributed by atoms with van der Waals surface area (Å²) >= 11 is 5.93. The first-order chi connectivity index (χ1) is 18.6. The highest BCUT2D eigenvalue weighted by Crippen LogP contribution is 2.21. The van der Waals surface area contributed by atoms with Crippen molar-refractivity contribution in [3.05, 3.63) is 146 Å². The van der Waals surface area contributed by atoms with Crippen LogP contribution in [0.15, 0.2) is 146 Å². The van der Waals surface area contributed by atoms with Crippen LogP contribution in [0.1, 0.15) is 6.92 Å². The fourth-order valence-electron chi connectivity index (χ4n) is 4.24. The highest BCUT2D eigenvalue weighted by molar-refractivity contribution is 6.85. The largest absolute Gasteiger partial charge is 0.299 e. The topological polar surface area (TPSA) is 17.8 Å². The van der Waals surface area contributed by atoms with Gasteiger partial charge in [-0.25, -0.2) is 9.37 Å². The van der Waals surface area contributed by atoms with Gasteiger partial charge in [0.05, 0.1) is 23.6 Å². The van der Waals surface area contributed by atoms with Crippen LogP contribution in [-0.4, -0.2) is 27.8 Å². The number of hydrogen-bond acceptors (Lipinski definition) is 1. The number of rotatable bonds is 8. The Balaban J connectivity index is 0.000000180. The van der Waals surface area contributed by atoms with Crippen molar-refractivity contribution >= 4 is 29.2 Å². The minimum Gasteiger partial charge on any atom is -0.299 e. The van der Waals surface area contributed by atoms with Crippen LogP contribution in [0.3, 0.4) is 0 Å². The predicted molar refractivity (Wildman–Crippen MR) is 161 cm³/mol. The maximum atomic E-state index is 13.1. The van der Waals surface area contributed by atoms with Crippen LogP contribution in [0.4, 0.5) is 4.39 Å². The summed E-state index contributed by atoms with van der Waals surface area (Å²) in [6, 6.07) is 41.2. The van der Waals surface area contributed by atoms with Gasteiger partial charge in [0.25, 0.3) is 0 Å². The molecule has 5 rings (SSSR count). The first-order valence-electron chi connectivity index (χ1n) is 12.8. The molecule has 0 saturated heterocycles. The van der Waals surface area contributed by atoms with E-state index in [9.17, 15) is 4.39 Å². The van der Waals surface area contributed by atoms with E-state index in [-0.39, 0.29) is 6.71 Å². The number of alkyl halides is 2. The Morgan fingerprint density at radius 1 is 0.789 bits per heavy atom. The van der Waals surface area contributed by atoms with Crippen molar-refractivity contribution in [2.45, 2.75) is 24.8 Å². The summed E-state index contributed by atoms with van der Waals surface area (Å²) in [6.07, 6.45) is 7.25. The molecule has 2 nitrogen and oxygen atoms in total. The zero-order valence-electron chi connectivity index (χ0n) is 21.4. The fraction of sp³-hybridized carbons (Fsp3) is 0.121. The maximum absolute atomic E-state index is 13.1. The molecule has 0 fully saturated rings. The van der Waals surface area contributed by atoms with Gasteiger partial charge in [-0.1, -0.05) is 132 Å². The monoisotopic (exact) mass is 520 g/mol. The summed E-state index contributed by atoms with van der Waals surface area (Å²) in [6.45, 7) is 1.75. The lowest BCUT2D eigenvalue weighted by Crippen LogP contribution is -2.41. The van der Waals surface area contributed by atoms with Gasteiger partial charge >= 0.3 is 0 Å². The van der Waals surface area contributed by atoms with Crippen LogP contribution in [0.2, 0.25) is 6.32 Å². The molecule has 0 spiro atoms. The van der Waals surface area contributed by atoms with Crippen LogP contribution < -0.4 is 10.9 Å². The number of aromatic nitrogens is 2. The molecular weight excluding hydrogens is 490 g/mol. The third-order valence-corrected chi connectivity index (χ3v) is 6.77. The molecule has 0 aliphatic carbocycles. The Kier molecular flexibility index (Phi) is 10.1. The molecule has 4 aromatic carbocycles. The van der Waals surface area contributed by atoms with Gasteiger partial charge in [0.1, 0.15) is 6.17 Å². The fourth-order valence-corrected chi connectivity index (χ4v) is 4.35. The molecule has 0 N–H and O–H groups in total. The Bertz CT molecular complexity index is 1280. The van der Waals surface area contributed by atoms with E-state index in [2.05, 4.69) is 58.1 Å². The van der Waals surface area contributed by atoms with Gasteiger partial charge in [-0.2, -0.15) is 0 Å². The first kappa shape index (κ1) is 27.2. The van der Waals surface area contributed by atoms with Crippen molar-refractivity contribution in [1.82, 2.24) is 9.55 Å². The van der Waals surface area contributed by atoms with Gasteiger partial charge in [-0.15, -0.1) is 11.6 Å². The average molecular weight is 521 g/mol. The first-order valence-corrected chi connectivity index (χ1v) is 13.2. The molecule has 1 aromatic heterocycles. The lowest BCUT2D eigenvalue weighted by Gasteiger charge is -2.13. The molecule has 0 radical (unpaired) electrons. The Labute approximate surface area is 230 Å². The summed E-state index contributed by atoms with van der Waals surface area (Å²) in [5.74, 6) is 0. The minimum absolute atomic E-state index is 0.266. The van der Waals surface area contributed by atoms with E-state index in [1.165, 1.54) is 23.4 Å². The summed E-state index contributed by atoms with van der Waals surface area (Å²) < 4.78 is 15.2. The van der Waals surface area contributed by atoms with Crippen molar-refractivity contribution in [2.75, 3.05) is 0 Å². The zero-order valence-corrected chi connectivity index (χ0v) is 22.2. The molecule has 5 aromatic rings. The lowest BCUT2D eigenvalue weighted by atomic mass is 9.39. The van der Waals surface area contributed by atoms with Crippen LogP contribution >= 0.6 is 11.6 Å².